The first-order valence-corrected chi connectivity index (χ1v) is 6.71. The number of rotatable bonds is 8. The molecule has 0 fully saturated rings. The van der Waals surface area contributed by atoms with Crippen molar-refractivity contribution in [3.63, 3.8) is 0 Å². The third-order valence-electron chi connectivity index (χ3n) is 2.77. The molecule has 0 aliphatic heterocycles. The van der Waals surface area contributed by atoms with Crippen molar-refractivity contribution < 1.29 is 4.74 Å². The Balaban J connectivity index is 2.53. The highest BCUT2D eigenvalue weighted by Gasteiger charge is 2.03. The van der Waals surface area contributed by atoms with Crippen LogP contribution >= 0.6 is 0 Å². The van der Waals surface area contributed by atoms with Gasteiger partial charge in [0.2, 0.25) is 0 Å². The molecule has 0 saturated heterocycles. The molecule has 0 unspecified atom stereocenters. The standard InChI is InChI=1S/C16H25NO/c1-5-14(4)12-18-16-9-7-6-8-15(16)11-17-10-13(2)3/h6-9,13,17H,4-5,10-12H2,1-3H3. The Labute approximate surface area is 111 Å². The highest BCUT2D eigenvalue weighted by Crippen LogP contribution is 2.18. The number of nitrogens with one attached hydrogen (secondary N) is 1. The van der Waals surface area contributed by atoms with Gasteiger partial charge in [-0.15, -0.1) is 0 Å². The van der Waals surface area contributed by atoms with Crippen molar-refractivity contribution in [3.8, 4) is 5.75 Å². The molecule has 18 heavy (non-hydrogen) atoms. The van der Waals surface area contributed by atoms with E-state index in [0.29, 0.717) is 12.5 Å². The lowest BCUT2D eigenvalue weighted by Gasteiger charge is -2.13. The summed E-state index contributed by atoms with van der Waals surface area (Å²) >= 11 is 0. The minimum atomic E-state index is 0.609. The van der Waals surface area contributed by atoms with Crippen LogP contribution in [-0.4, -0.2) is 13.2 Å². The smallest absolute Gasteiger partial charge is 0.124 e. The average molecular weight is 247 g/mol. The van der Waals surface area contributed by atoms with Crippen molar-refractivity contribution in [2.45, 2.75) is 33.7 Å². The molecule has 0 spiro atoms. The van der Waals surface area contributed by atoms with Gasteiger partial charge in [-0.2, -0.15) is 0 Å². The lowest BCUT2D eigenvalue weighted by atomic mass is 10.1. The number of benzene rings is 1. The third-order valence-corrected chi connectivity index (χ3v) is 2.77. The van der Waals surface area contributed by atoms with E-state index in [1.807, 2.05) is 18.2 Å². The molecule has 0 aliphatic carbocycles. The summed E-state index contributed by atoms with van der Waals surface area (Å²) in [5.74, 6) is 1.63. The zero-order valence-corrected chi connectivity index (χ0v) is 11.8. The second-order valence-corrected chi connectivity index (χ2v) is 5.02. The van der Waals surface area contributed by atoms with Crippen LogP contribution in [0, 0.1) is 5.92 Å². The van der Waals surface area contributed by atoms with Crippen molar-refractivity contribution in [3.05, 3.63) is 42.0 Å². The molecule has 0 bridgehead atoms. The fraction of sp³-hybridized carbons (Fsp3) is 0.500. The van der Waals surface area contributed by atoms with Gasteiger partial charge < -0.3 is 10.1 Å². The minimum absolute atomic E-state index is 0.609. The topological polar surface area (TPSA) is 21.3 Å². The molecule has 2 heteroatoms. The maximum atomic E-state index is 5.81. The summed E-state index contributed by atoms with van der Waals surface area (Å²) in [6, 6.07) is 8.19. The molecule has 0 radical (unpaired) electrons. The Hall–Kier alpha value is -1.28. The molecule has 0 atom stereocenters. The molecule has 1 N–H and O–H groups in total. The average Bonchev–Trinajstić information content (AvgIpc) is 2.36. The summed E-state index contributed by atoms with van der Waals surface area (Å²) in [5, 5.41) is 3.44. The molecular formula is C16H25NO. The second-order valence-electron chi connectivity index (χ2n) is 5.02. The van der Waals surface area contributed by atoms with Crippen molar-refractivity contribution in [1.82, 2.24) is 5.32 Å². The van der Waals surface area contributed by atoms with Crippen LogP contribution in [-0.2, 0) is 6.54 Å². The first kappa shape index (κ1) is 14.8. The molecule has 1 rings (SSSR count). The van der Waals surface area contributed by atoms with Crippen LogP contribution < -0.4 is 10.1 Å². The molecule has 0 aromatic heterocycles. The summed E-state index contributed by atoms with van der Waals surface area (Å²) in [4.78, 5) is 0. The summed E-state index contributed by atoms with van der Waals surface area (Å²) in [6.07, 6.45) is 0.966. The summed E-state index contributed by atoms with van der Waals surface area (Å²) in [6.45, 7) is 13.0. The van der Waals surface area contributed by atoms with E-state index in [-0.39, 0.29) is 0 Å². The highest BCUT2D eigenvalue weighted by molar-refractivity contribution is 5.33. The van der Waals surface area contributed by atoms with Crippen LogP contribution in [0.3, 0.4) is 0 Å². The molecule has 0 heterocycles. The predicted molar refractivity (Wildman–Crippen MR) is 77.9 cm³/mol. The van der Waals surface area contributed by atoms with Gasteiger partial charge in [0.15, 0.2) is 0 Å². The first-order chi connectivity index (χ1) is 8.63. The molecule has 1 aromatic rings. The third kappa shape index (κ3) is 5.37. The normalized spacial score (nSPS) is 10.7. The van der Waals surface area contributed by atoms with Gasteiger partial charge in [-0.25, -0.2) is 0 Å². The van der Waals surface area contributed by atoms with Crippen LogP contribution in [0.2, 0.25) is 0 Å². The van der Waals surface area contributed by atoms with Crippen LogP contribution in [0.4, 0.5) is 0 Å². The van der Waals surface area contributed by atoms with E-state index in [1.165, 1.54) is 5.56 Å². The van der Waals surface area contributed by atoms with Crippen LogP contribution in [0.25, 0.3) is 0 Å². The number of ether oxygens (including phenoxy) is 1. The van der Waals surface area contributed by atoms with E-state index in [9.17, 15) is 0 Å². The fourth-order valence-electron chi connectivity index (χ4n) is 1.57. The van der Waals surface area contributed by atoms with Crippen LogP contribution in [0.1, 0.15) is 32.8 Å². The van der Waals surface area contributed by atoms with Gasteiger partial charge in [-0.3, -0.25) is 0 Å². The van der Waals surface area contributed by atoms with Gasteiger partial charge in [0.25, 0.3) is 0 Å². The summed E-state index contributed by atoms with van der Waals surface area (Å²) < 4.78 is 5.81. The maximum absolute atomic E-state index is 5.81. The predicted octanol–water partition coefficient (Wildman–Crippen LogP) is 3.78. The van der Waals surface area contributed by atoms with Crippen molar-refractivity contribution in [2.75, 3.05) is 13.2 Å². The number of hydrogen-bond acceptors (Lipinski definition) is 2. The highest BCUT2D eigenvalue weighted by atomic mass is 16.5. The summed E-state index contributed by atoms with van der Waals surface area (Å²) in [5.41, 5.74) is 2.34. The monoisotopic (exact) mass is 247 g/mol. The molecule has 100 valence electrons. The van der Waals surface area contributed by atoms with E-state index in [4.69, 9.17) is 4.74 Å². The van der Waals surface area contributed by atoms with Crippen LogP contribution in [0.5, 0.6) is 5.75 Å². The van der Waals surface area contributed by atoms with Gasteiger partial charge in [0.05, 0.1) is 0 Å². The second kappa shape index (κ2) is 7.93. The van der Waals surface area contributed by atoms with Crippen molar-refractivity contribution >= 4 is 0 Å². The SMILES string of the molecule is C=C(CC)COc1ccccc1CNCC(C)C. The lowest BCUT2D eigenvalue weighted by Crippen LogP contribution is -2.19. The Kier molecular flexibility index (Phi) is 6.51. The van der Waals surface area contributed by atoms with E-state index >= 15 is 0 Å². The van der Waals surface area contributed by atoms with Gasteiger partial charge in [-0.1, -0.05) is 45.5 Å². The number of hydrogen-bond donors (Lipinski definition) is 1. The lowest BCUT2D eigenvalue weighted by molar-refractivity contribution is 0.344. The van der Waals surface area contributed by atoms with Crippen LogP contribution in [0.15, 0.2) is 36.4 Å². The maximum Gasteiger partial charge on any atom is 0.124 e. The Morgan fingerprint density at radius 1 is 1.33 bits per heavy atom. The molecule has 1 aromatic carbocycles. The summed E-state index contributed by atoms with van der Waals surface area (Å²) in [7, 11) is 0. The molecule has 2 nitrogen and oxygen atoms in total. The molecular weight excluding hydrogens is 222 g/mol. The fourth-order valence-corrected chi connectivity index (χ4v) is 1.57. The molecule has 0 aliphatic rings. The largest absolute Gasteiger partial charge is 0.489 e. The Bertz CT molecular complexity index is 371. The Morgan fingerprint density at radius 3 is 2.72 bits per heavy atom. The van der Waals surface area contributed by atoms with E-state index in [1.54, 1.807) is 0 Å². The van der Waals surface area contributed by atoms with E-state index in [0.717, 1.165) is 30.8 Å². The van der Waals surface area contributed by atoms with Gasteiger partial charge >= 0.3 is 0 Å². The van der Waals surface area contributed by atoms with E-state index < -0.39 is 0 Å². The first-order valence-electron chi connectivity index (χ1n) is 6.71. The van der Waals surface area contributed by atoms with Gasteiger partial charge in [0, 0.05) is 12.1 Å². The Morgan fingerprint density at radius 2 is 2.06 bits per heavy atom. The molecule has 0 saturated carbocycles. The number of para-hydroxylation sites is 1. The van der Waals surface area contributed by atoms with Crippen molar-refractivity contribution in [2.24, 2.45) is 5.92 Å². The minimum Gasteiger partial charge on any atom is -0.489 e. The van der Waals surface area contributed by atoms with Gasteiger partial charge in [-0.05, 0) is 30.5 Å². The zero-order valence-electron chi connectivity index (χ0n) is 11.8. The molecule has 0 amide bonds. The van der Waals surface area contributed by atoms with E-state index in [2.05, 4.69) is 38.7 Å². The quantitative estimate of drug-likeness (QED) is 0.706. The van der Waals surface area contributed by atoms with Crippen molar-refractivity contribution in [1.29, 1.82) is 0 Å². The zero-order chi connectivity index (χ0) is 13.4. The van der Waals surface area contributed by atoms with Gasteiger partial charge in [0.1, 0.15) is 12.4 Å².